The summed E-state index contributed by atoms with van der Waals surface area (Å²) in [6, 6.07) is 9.12. The Morgan fingerprint density at radius 2 is 2.10 bits per heavy atom. The third-order valence-corrected chi connectivity index (χ3v) is 4.33. The Hall–Kier alpha value is -1.55. The maximum Gasteiger partial charge on any atom is 0.303 e. The van der Waals surface area contributed by atoms with E-state index in [0.717, 1.165) is 38.9 Å². The number of benzene rings is 1. The third kappa shape index (κ3) is 4.21. The molecule has 0 spiro atoms. The minimum atomic E-state index is -0.692. The van der Waals surface area contributed by atoms with Gasteiger partial charge in [0.15, 0.2) is 0 Å². The first-order valence-electron chi connectivity index (χ1n) is 7.86. The van der Waals surface area contributed by atoms with Crippen LogP contribution in [0.25, 0.3) is 0 Å². The number of carbonyl (C=O) groups is 1. The van der Waals surface area contributed by atoms with Crippen LogP contribution in [0.2, 0.25) is 0 Å². The van der Waals surface area contributed by atoms with Crippen LogP contribution in [0, 0.1) is 0 Å². The molecule has 2 rings (SSSR count). The molecular formula is C17H26N2O2. The zero-order valence-electron chi connectivity index (χ0n) is 13.1. The summed E-state index contributed by atoms with van der Waals surface area (Å²) in [5, 5.41) is 8.74. The van der Waals surface area contributed by atoms with Crippen LogP contribution in [0.15, 0.2) is 24.3 Å². The summed E-state index contributed by atoms with van der Waals surface area (Å²) in [5.74, 6) is -0.692. The fourth-order valence-corrected chi connectivity index (χ4v) is 3.13. The van der Waals surface area contributed by atoms with Crippen molar-refractivity contribution in [2.24, 2.45) is 0 Å². The highest BCUT2D eigenvalue weighted by Gasteiger charge is 2.24. The summed E-state index contributed by atoms with van der Waals surface area (Å²) in [4.78, 5) is 15.5. The average Bonchev–Trinajstić information content (AvgIpc) is 2.60. The monoisotopic (exact) mass is 290 g/mol. The van der Waals surface area contributed by atoms with E-state index in [4.69, 9.17) is 5.11 Å². The van der Waals surface area contributed by atoms with E-state index in [0.29, 0.717) is 6.04 Å². The Morgan fingerprint density at radius 3 is 2.81 bits per heavy atom. The van der Waals surface area contributed by atoms with Gasteiger partial charge in [-0.1, -0.05) is 25.1 Å². The number of aliphatic carboxylic acids is 1. The molecule has 0 saturated heterocycles. The number of likely N-dealkylation sites (N-methyl/N-ethyl adjacent to an activating group) is 1. The minimum absolute atomic E-state index is 0.279. The maximum absolute atomic E-state index is 10.6. The van der Waals surface area contributed by atoms with Crippen LogP contribution >= 0.6 is 0 Å². The Balaban J connectivity index is 2.03. The summed E-state index contributed by atoms with van der Waals surface area (Å²) in [5.41, 5.74) is 2.69. The molecule has 1 atom stereocenters. The van der Waals surface area contributed by atoms with Gasteiger partial charge >= 0.3 is 5.97 Å². The first-order valence-corrected chi connectivity index (χ1v) is 7.86. The van der Waals surface area contributed by atoms with E-state index < -0.39 is 5.97 Å². The van der Waals surface area contributed by atoms with Crippen LogP contribution in [0.4, 0.5) is 5.69 Å². The number of hydrogen-bond donors (Lipinski definition) is 1. The highest BCUT2D eigenvalue weighted by Crippen LogP contribution is 2.27. The molecular weight excluding hydrogens is 264 g/mol. The molecule has 116 valence electrons. The van der Waals surface area contributed by atoms with E-state index in [1.165, 1.54) is 11.3 Å². The van der Waals surface area contributed by atoms with E-state index >= 15 is 0 Å². The molecule has 1 heterocycles. The Morgan fingerprint density at radius 1 is 1.33 bits per heavy atom. The summed E-state index contributed by atoms with van der Waals surface area (Å²) >= 11 is 0. The lowest BCUT2D eigenvalue weighted by molar-refractivity contribution is -0.137. The first-order chi connectivity index (χ1) is 10.1. The summed E-state index contributed by atoms with van der Waals surface area (Å²) < 4.78 is 0. The van der Waals surface area contributed by atoms with Gasteiger partial charge in [0.1, 0.15) is 0 Å². The quantitative estimate of drug-likeness (QED) is 0.818. The lowest BCUT2D eigenvalue weighted by atomic mass is 10.1. The molecule has 1 aromatic carbocycles. The van der Waals surface area contributed by atoms with Crippen molar-refractivity contribution < 1.29 is 9.90 Å². The number of fused-ring (bicyclic) bond motifs is 1. The maximum atomic E-state index is 10.6. The number of carboxylic acid groups (broad SMARTS) is 1. The molecule has 0 amide bonds. The highest BCUT2D eigenvalue weighted by molar-refractivity contribution is 5.66. The fraction of sp³-hybridized carbons (Fsp3) is 0.588. The van der Waals surface area contributed by atoms with Crippen LogP contribution in [-0.2, 0) is 11.3 Å². The molecule has 1 aliphatic heterocycles. The predicted octanol–water partition coefficient (Wildman–Crippen LogP) is 2.97. The van der Waals surface area contributed by atoms with E-state index in [2.05, 4.69) is 48.0 Å². The van der Waals surface area contributed by atoms with Crippen molar-refractivity contribution in [3.8, 4) is 0 Å². The van der Waals surface area contributed by atoms with Gasteiger partial charge in [0.05, 0.1) is 0 Å². The smallest absolute Gasteiger partial charge is 0.303 e. The SMILES string of the molecule is CC[C@H]1CN(C)c2ccccc2CN1CCCCC(=O)O. The molecule has 1 aromatic rings. The van der Waals surface area contributed by atoms with Crippen molar-refractivity contribution in [3.05, 3.63) is 29.8 Å². The van der Waals surface area contributed by atoms with Crippen LogP contribution in [0.1, 0.15) is 38.2 Å². The first kappa shape index (κ1) is 15.8. The molecule has 21 heavy (non-hydrogen) atoms. The fourth-order valence-electron chi connectivity index (χ4n) is 3.13. The Kier molecular flexibility index (Phi) is 5.62. The molecule has 0 saturated carbocycles. The zero-order valence-corrected chi connectivity index (χ0v) is 13.1. The summed E-state index contributed by atoms with van der Waals surface area (Å²) in [6.07, 6.45) is 3.12. The average molecular weight is 290 g/mol. The second-order valence-electron chi connectivity index (χ2n) is 5.89. The molecule has 0 aliphatic carbocycles. The van der Waals surface area contributed by atoms with Crippen LogP contribution < -0.4 is 4.90 Å². The lowest BCUT2D eigenvalue weighted by Gasteiger charge is -2.30. The number of nitrogens with zero attached hydrogens (tertiary/aromatic N) is 2. The number of anilines is 1. The topological polar surface area (TPSA) is 43.8 Å². The zero-order chi connectivity index (χ0) is 15.2. The van der Waals surface area contributed by atoms with Crippen LogP contribution in [0.5, 0.6) is 0 Å². The number of rotatable bonds is 6. The van der Waals surface area contributed by atoms with Crippen LogP contribution in [0.3, 0.4) is 0 Å². The van der Waals surface area contributed by atoms with Gasteiger partial charge in [-0.2, -0.15) is 0 Å². The van der Waals surface area contributed by atoms with Gasteiger partial charge in [-0.25, -0.2) is 0 Å². The molecule has 0 fully saturated rings. The molecule has 4 heteroatoms. The standard InChI is InChI=1S/C17H26N2O2/c1-3-15-13-18(2)16-9-5-4-8-14(16)12-19(15)11-7-6-10-17(20)21/h4-5,8-9,15H,3,6-7,10-13H2,1-2H3,(H,20,21)/t15-/m0/s1. The molecule has 4 nitrogen and oxygen atoms in total. The summed E-state index contributed by atoms with van der Waals surface area (Å²) in [6.45, 7) is 5.21. The minimum Gasteiger partial charge on any atom is -0.481 e. The van der Waals surface area contributed by atoms with Gasteiger partial charge in [-0.15, -0.1) is 0 Å². The Labute approximate surface area is 127 Å². The van der Waals surface area contributed by atoms with E-state index in [1.54, 1.807) is 0 Å². The summed E-state index contributed by atoms with van der Waals surface area (Å²) in [7, 11) is 2.16. The molecule has 0 unspecified atom stereocenters. The third-order valence-electron chi connectivity index (χ3n) is 4.33. The molecule has 0 aromatic heterocycles. The van der Waals surface area contributed by atoms with E-state index in [1.807, 2.05) is 0 Å². The highest BCUT2D eigenvalue weighted by atomic mass is 16.4. The largest absolute Gasteiger partial charge is 0.481 e. The van der Waals surface area contributed by atoms with Gasteiger partial charge in [-0.05, 0) is 37.4 Å². The van der Waals surface area contributed by atoms with Crippen molar-refractivity contribution in [2.75, 3.05) is 25.0 Å². The van der Waals surface area contributed by atoms with Crippen molar-refractivity contribution >= 4 is 11.7 Å². The number of carboxylic acids is 1. The molecule has 1 N–H and O–H groups in total. The van der Waals surface area contributed by atoms with Crippen molar-refractivity contribution in [1.29, 1.82) is 0 Å². The lowest BCUT2D eigenvalue weighted by Crippen LogP contribution is -2.40. The second kappa shape index (κ2) is 7.46. The molecule has 0 radical (unpaired) electrons. The van der Waals surface area contributed by atoms with Gasteiger partial charge in [0.2, 0.25) is 0 Å². The van der Waals surface area contributed by atoms with E-state index in [-0.39, 0.29) is 6.42 Å². The van der Waals surface area contributed by atoms with Gasteiger partial charge in [0, 0.05) is 38.3 Å². The number of unbranched alkanes of at least 4 members (excludes halogenated alkanes) is 1. The van der Waals surface area contributed by atoms with E-state index in [9.17, 15) is 4.79 Å². The molecule has 1 aliphatic rings. The second-order valence-corrected chi connectivity index (χ2v) is 5.89. The van der Waals surface area contributed by atoms with Crippen LogP contribution in [-0.4, -0.2) is 42.2 Å². The normalized spacial score (nSPS) is 19.1. The van der Waals surface area contributed by atoms with Gasteiger partial charge < -0.3 is 10.0 Å². The number of hydrogen-bond acceptors (Lipinski definition) is 3. The number of para-hydroxylation sites is 1. The van der Waals surface area contributed by atoms with Crippen molar-refractivity contribution in [2.45, 2.75) is 45.2 Å². The Bertz CT molecular complexity index is 476. The van der Waals surface area contributed by atoms with Crippen molar-refractivity contribution in [1.82, 2.24) is 4.90 Å². The molecule has 0 bridgehead atoms. The predicted molar refractivity (Wildman–Crippen MR) is 85.7 cm³/mol. The van der Waals surface area contributed by atoms with Gasteiger partial charge in [-0.3, -0.25) is 9.69 Å². The van der Waals surface area contributed by atoms with Crippen molar-refractivity contribution in [3.63, 3.8) is 0 Å². The van der Waals surface area contributed by atoms with Gasteiger partial charge in [0.25, 0.3) is 0 Å².